The summed E-state index contributed by atoms with van der Waals surface area (Å²) in [5.41, 5.74) is -0.0595. The Bertz CT molecular complexity index is 622. The molecule has 9 heteroatoms. The van der Waals surface area contributed by atoms with Gasteiger partial charge in [0.05, 0.1) is 40.5 Å². The lowest BCUT2D eigenvalue weighted by Crippen LogP contribution is -2.16. The van der Waals surface area contributed by atoms with E-state index in [0.717, 1.165) is 20.3 Å². The van der Waals surface area contributed by atoms with Gasteiger partial charge in [-0.15, -0.1) is 0 Å². The van der Waals surface area contributed by atoms with Gasteiger partial charge in [0, 0.05) is 0 Å². The first kappa shape index (κ1) is 17.7. The van der Waals surface area contributed by atoms with E-state index in [1.54, 1.807) is 0 Å². The summed E-state index contributed by atoms with van der Waals surface area (Å²) < 4.78 is 22.6. The minimum absolute atomic E-state index is 0.130. The number of benzene rings is 1. The van der Waals surface area contributed by atoms with E-state index in [1.165, 1.54) is 6.07 Å². The first-order chi connectivity index (χ1) is 9.81. The normalized spacial score (nSPS) is 11.0. The van der Waals surface area contributed by atoms with Crippen molar-refractivity contribution in [3.8, 4) is 0 Å². The molecule has 0 unspecified atom stereocenters. The Morgan fingerprint density at radius 3 is 2.48 bits per heavy atom. The van der Waals surface area contributed by atoms with Crippen molar-refractivity contribution in [2.45, 2.75) is 0 Å². The van der Waals surface area contributed by atoms with E-state index in [2.05, 4.69) is 30.7 Å². The first-order valence-electron chi connectivity index (χ1n) is 5.29. The molecule has 1 N–H and O–H groups in total. The SMILES string of the molecule is COC(=O)/C=C(/Nc1cc(Cl)c(F)c(Cl)c1Br)C(=O)OC. The van der Waals surface area contributed by atoms with E-state index < -0.39 is 17.8 Å². The number of nitrogens with one attached hydrogen (secondary N) is 1. The molecule has 0 atom stereocenters. The van der Waals surface area contributed by atoms with E-state index in [0.29, 0.717) is 0 Å². The second-order valence-corrected chi connectivity index (χ2v) is 5.12. The molecule has 0 amide bonds. The number of halogens is 4. The van der Waals surface area contributed by atoms with E-state index >= 15 is 0 Å². The molecule has 0 aliphatic carbocycles. The maximum absolute atomic E-state index is 13.5. The molecule has 1 aromatic carbocycles. The van der Waals surface area contributed by atoms with Crippen molar-refractivity contribution in [2.75, 3.05) is 19.5 Å². The van der Waals surface area contributed by atoms with Crippen molar-refractivity contribution in [1.82, 2.24) is 0 Å². The molecule has 0 aliphatic heterocycles. The summed E-state index contributed by atoms with van der Waals surface area (Å²) in [6.45, 7) is 0. The van der Waals surface area contributed by atoms with Gasteiger partial charge in [-0.2, -0.15) is 0 Å². The van der Waals surface area contributed by atoms with Gasteiger partial charge < -0.3 is 14.8 Å². The van der Waals surface area contributed by atoms with Gasteiger partial charge in [0.2, 0.25) is 0 Å². The quantitative estimate of drug-likeness (QED) is 0.362. The molecule has 0 spiro atoms. The highest BCUT2D eigenvalue weighted by molar-refractivity contribution is 9.10. The predicted molar refractivity (Wildman–Crippen MR) is 79.9 cm³/mol. The third-order valence-corrected chi connectivity index (χ3v) is 3.92. The summed E-state index contributed by atoms with van der Waals surface area (Å²) in [5.74, 6) is -2.42. The number of anilines is 1. The zero-order valence-corrected chi connectivity index (χ0v) is 13.9. The Balaban J connectivity index is 3.25. The molecule has 0 saturated carbocycles. The van der Waals surface area contributed by atoms with Crippen LogP contribution in [0, 0.1) is 5.82 Å². The molecule has 0 fully saturated rings. The van der Waals surface area contributed by atoms with Crippen molar-refractivity contribution in [2.24, 2.45) is 0 Å². The Hall–Kier alpha value is -1.31. The largest absolute Gasteiger partial charge is 0.466 e. The second-order valence-electron chi connectivity index (χ2n) is 3.55. The van der Waals surface area contributed by atoms with Crippen LogP contribution in [0.25, 0.3) is 0 Å². The maximum atomic E-state index is 13.5. The van der Waals surface area contributed by atoms with Gasteiger partial charge in [-0.05, 0) is 22.0 Å². The van der Waals surface area contributed by atoms with Gasteiger partial charge in [-0.25, -0.2) is 14.0 Å². The predicted octanol–water partition coefficient (Wildman–Crippen LogP) is 3.54. The highest BCUT2D eigenvalue weighted by Crippen LogP contribution is 2.37. The van der Waals surface area contributed by atoms with Gasteiger partial charge in [-0.1, -0.05) is 23.2 Å². The van der Waals surface area contributed by atoms with Crippen LogP contribution in [0.1, 0.15) is 0 Å². The van der Waals surface area contributed by atoms with Crippen LogP contribution in [0.15, 0.2) is 22.3 Å². The maximum Gasteiger partial charge on any atom is 0.354 e. The van der Waals surface area contributed by atoms with Gasteiger partial charge >= 0.3 is 11.9 Å². The van der Waals surface area contributed by atoms with Gasteiger partial charge in [-0.3, -0.25) is 0 Å². The number of hydrogen-bond acceptors (Lipinski definition) is 5. The van der Waals surface area contributed by atoms with Crippen LogP contribution in [0.3, 0.4) is 0 Å². The highest BCUT2D eigenvalue weighted by atomic mass is 79.9. The van der Waals surface area contributed by atoms with Gasteiger partial charge in [0.25, 0.3) is 0 Å². The summed E-state index contributed by atoms with van der Waals surface area (Å²) in [6, 6.07) is 1.20. The van der Waals surface area contributed by atoms with Crippen LogP contribution in [-0.2, 0) is 19.1 Å². The van der Waals surface area contributed by atoms with Crippen LogP contribution in [0.2, 0.25) is 10.0 Å². The highest BCUT2D eigenvalue weighted by Gasteiger charge is 2.18. The van der Waals surface area contributed by atoms with Crippen molar-refractivity contribution >= 4 is 56.8 Å². The van der Waals surface area contributed by atoms with Crippen molar-refractivity contribution < 1.29 is 23.5 Å². The zero-order valence-electron chi connectivity index (χ0n) is 10.8. The summed E-state index contributed by atoms with van der Waals surface area (Å²) >= 11 is 14.5. The van der Waals surface area contributed by atoms with Crippen molar-refractivity contribution in [3.63, 3.8) is 0 Å². The number of carbonyl (C=O) groups is 2. The molecule has 0 heterocycles. The summed E-state index contributed by atoms with van der Waals surface area (Å²) in [4.78, 5) is 22.8. The van der Waals surface area contributed by atoms with Crippen LogP contribution in [0.5, 0.6) is 0 Å². The third-order valence-electron chi connectivity index (χ3n) is 2.24. The molecular formula is C12H9BrCl2FNO4. The molecule has 0 aliphatic rings. The summed E-state index contributed by atoms with van der Waals surface area (Å²) in [6.07, 6.45) is 0.878. The number of rotatable bonds is 4. The Labute approximate surface area is 138 Å². The van der Waals surface area contributed by atoms with E-state index in [-0.39, 0.29) is 25.9 Å². The fourth-order valence-electron chi connectivity index (χ4n) is 1.24. The number of hydrogen-bond donors (Lipinski definition) is 1. The first-order valence-corrected chi connectivity index (χ1v) is 6.84. The standard InChI is InChI=1S/C12H9BrCl2FNO4/c1-20-8(18)4-7(12(19)21-2)17-6-3-5(14)11(16)10(15)9(6)13/h3-4,17H,1-2H3/b7-4+. The lowest BCUT2D eigenvalue weighted by atomic mass is 10.2. The minimum Gasteiger partial charge on any atom is -0.466 e. The van der Waals surface area contributed by atoms with Gasteiger partial charge in [0.15, 0.2) is 5.82 Å². The summed E-state index contributed by atoms with van der Waals surface area (Å²) in [7, 11) is 2.28. The average molecular weight is 401 g/mol. The molecule has 1 aromatic rings. The molecule has 0 radical (unpaired) electrons. The second kappa shape index (κ2) is 7.63. The Kier molecular flexibility index (Phi) is 6.44. The fraction of sp³-hybridized carbons (Fsp3) is 0.167. The number of carbonyl (C=O) groups excluding carboxylic acids is 2. The lowest BCUT2D eigenvalue weighted by Gasteiger charge is -2.12. The van der Waals surface area contributed by atoms with E-state index in [9.17, 15) is 14.0 Å². The topological polar surface area (TPSA) is 64.6 Å². The van der Waals surface area contributed by atoms with Crippen LogP contribution >= 0.6 is 39.1 Å². The smallest absolute Gasteiger partial charge is 0.354 e. The molecule has 5 nitrogen and oxygen atoms in total. The van der Waals surface area contributed by atoms with Crippen molar-refractivity contribution in [3.05, 3.63) is 38.2 Å². The van der Waals surface area contributed by atoms with Crippen LogP contribution in [0.4, 0.5) is 10.1 Å². The van der Waals surface area contributed by atoms with Crippen molar-refractivity contribution in [1.29, 1.82) is 0 Å². The minimum atomic E-state index is -0.830. The molecule has 114 valence electrons. The molecule has 21 heavy (non-hydrogen) atoms. The fourth-order valence-corrected chi connectivity index (χ4v) is 2.08. The number of esters is 2. The van der Waals surface area contributed by atoms with Crippen LogP contribution < -0.4 is 5.32 Å². The number of ether oxygens (including phenoxy) is 2. The Morgan fingerprint density at radius 1 is 1.33 bits per heavy atom. The third kappa shape index (κ3) is 4.33. The molecule has 0 aromatic heterocycles. The van der Waals surface area contributed by atoms with E-state index in [4.69, 9.17) is 23.2 Å². The molecule has 0 saturated heterocycles. The lowest BCUT2D eigenvalue weighted by molar-refractivity contribution is -0.138. The monoisotopic (exact) mass is 399 g/mol. The molecule has 1 rings (SSSR count). The zero-order chi connectivity index (χ0) is 16.2. The van der Waals surface area contributed by atoms with E-state index in [1.807, 2.05) is 0 Å². The average Bonchev–Trinajstić information content (AvgIpc) is 2.48. The molecular weight excluding hydrogens is 392 g/mol. The Morgan fingerprint density at radius 2 is 1.95 bits per heavy atom. The molecule has 0 bridgehead atoms. The van der Waals surface area contributed by atoms with Gasteiger partial charge in [0.1, 0.15) is 5.70 Å². The number of methoxy groups -OCH3 is 2. The van der Waals surface area contributed by atoms with Crippen LogP contribution in [-0.4, -0.2) is 26.2 Å². The summed E-state index contributed by atoms with van der Waals surface area (Å²) in [5, 5.41) is 2.05.